The fourth-order valence-electron chi connectivity index (χ4n) is 2.88. The Balaban J connectivity index is 1.85. The molecule has 0 bridgehead atoms. The predicted octanol–water partition coefficient (Wildman–Crippen LogP) is 0.761. The number of hydrogen-bond donors (Lipinski definition) is 0. The van der Waals surface area contributed by atoms with Gasteiger partial charge >= 0.3 is 10.2 Å². The Hall–Kier alpha value is -0.690. The third kappa shape index (κ3) is 3.66. The molecule has 19 heavy (non-hydrogen) atoms. The number of amides is 1. The van der Waals surface area contributed by atoms with E-state index < -0.39 is 15.5 Å². The van der Waals surface area contributed by atoms with Crippen LogP contribution in [-0.2, 0) is 15.0 Å². The van der Waals surface area contributed by atoms with Gasteiger partial charge in [0.1, 0.15) is 5.25 Å². The van der Waals surface area contributed by atoms with Gasteiger partial charge < -0.3 is 4.90 Å². The van der Waals surface area contributed by atoms with Gasteiger partial charge in [-0.1, -0.05) is 6.42 Å². The Morgan fingerprint density at radius 3 is 2.63 bits per heavy atom. The molecule has 0 spiro atoms. The smallest absolute Gasteiger partial charge is 0.307 e. The summed E-state index contributed by atoms with van der Waals surface area (Å²) in [4.78, 5) is 15.5. The van der Waals surface area contributed by atoms with Gasteiger partial charge in [-0.25, -0.2) is 0 Å². The summed E-state index contributed by atoms with van der Waals surface area (Å²) in [6.07, 6.45) is 3.35. The van der Waals surface area contributed by atoms with Crippen molar-refractivity contribution in [2.75, 3.05) is 26.2 Å². The van der Waals surface area contributed by atoms with Crippen LogP contribution in [0.25, 0.3) is 0 Å². The molecule has 0 aromatic heterocycles. The molecule has 2 heterocycles. The summed E-state index contributed by atoms with van der Waals surface area (Å²) in [7, 11) is -4.60. The van der Waals surface area contributed by atoms with Gasteiger partial charge in [-0.15, -0.1) is 3.89 Å². The number of nitrogens with zero attached hydrogens (tertiary/aromatic N) is 2. The molecule has 2 aliphatic heterocycles. The summed E-state index contributed by atoms with van der Waals surface area (Å²) in [6.45, 7) is 4.43. The lowest BCUT2D eigenvalue weighted by molar-refractivity contribution is -0.127. The van der Waals surface area contributed by atoms with Crippen molar-refractivity contribution in [1.29, 1.82) is 0 Å². The van der Waals surface area contributed by atoms with Crippen LogP contribution in [-0.4, -0.2) is 61.6 Å². The monoisotopic (exact) mass is 292 g/mol. The average Bonchev–Trinajstić information content (AvgIpc) is 2.70. The molecule has 110 valence electrons. The normalized spacial score (nSPS) is 30.0. The summed E-state index contributed by atoms with van der Waals surface area (Å²) in [6, 6.07) is 0.507. The highest BCUT2D eigenvalue weighted by atomic mass is 32.3. The SMILES string of the molecule is CC1CCCCN1CCN1CC(S(=O)(=O)F)CC1=O. The van der Waals surface area contributed by atoms with Crippen molar-refractivity contribution in [1.82, 2.24) is 9.80 Å². The third-order valence-electron chi connectivity index (χ3n) is 4.17. The first-order valence-electron chi connectivity index (χ1n) is 6.83. The van der Waals surface area contributed by atoms with Crippen LogP contribution in [0.3, 0.4) is 0 Å². The highest BCUT2D eigenvalue weighted by Crippen LogP contribution is 2.20. The molecule has 2 unspecified atom stereocenters. The van der Waals surface area contributed by atoms with E-state index in [1.807, 2.05) is 0 Å². The number of likely N-dealkylation sites (tertiary alicyclic amines) is 2. The fraction of sp³-hybridized carbons (Fsp3) is 0.917. The number of hydrogen-bond acceptors (Lipinski definition) is 4. The molecule has 0 radical (unpaired) electrons. The van der Waals surface area contributed by atoms with Crippen molar-refractivity contribution in [2.45, 2.75) is 43.9 Å². The van der Waals surface area contributed by atoms with Crippen molar-refractivity contribution < 1.29 is 17.1 Å². The van der Waals surface area contributed by atoms with Crippen molar-refractivity contribution in [3.8, 4) is 0 Å². The maximum absolute atomic E-state index is 12.9. The van der Waals surface area contributed by atoms with E-state index in [9.17, 15) is 17.1 Å². The summed E-state index contributed by atoms with van der Waals surface area (Å²) in [5.41, 5.74) is 0. The minimum absolute atomic E-state index is 0.000111. The molecule has 0 aromatic carbocycles. The van der Waals surface area contributed by atoms with Crippen LogP contribution in [0.5, 0.6) is 0 Å². The molecule has 2 rings (SSSR count). The van der Waals surface area contributed by atoms with Gasteiger partial charge in [0.2, 0.25) is 5.91 Å². The molecule has 0 saturated carbocycles. The lowest BCUT2D eigenvalue weighted by Gasteiger charge is -2.34. The van der Waals surface area contributed by atoms with Crippen LogP contribution in [0, 0.1) is 0 Å². The molecule has 1 amide bonds. The zero-order valence-electron chi connectivity index (χ0n) is 11.2. The van der Waals surface area contributed by atoms with Crippen LogP contribution >= 0.6 is 0 Å². The minimum Gasteiger partial charge on any atom is -0.340 e. The minimum atomic E-state index is -4.60. The Kier molecular flexibility index (Phi) is 4.45. The second-order valence-electron chi connectivity index (χ2n) is 5.52. The van der Waals surface area contributed by atoms with Crippen molar-refractivity contribution >= 4 is 16.1 Å². The van der Waals surface area contributed by atoms with Gasteiger partial charge in [-0.05, 0) is 26.3 Å². The van der Waals surface area contributed by atoms with Gasteiger partial charge in [0.15, 0.2) is 0 Å². The first kappa shape index (κ1) is 14.7. The Labute approximate surface area is 114 Å². The predicted molar refractivity (Wildman–Crippen MR) is 69.9 cm³/mol. The summed E-state index contributed by atoms with van der Waals surface area (Å²) in [5.74, 6) is -0.254. The van der Waals surface area contributed by atoms with E-state index in [0.717, 1.165) is 19.5 Å². The zero-order chi connectivity index (χ0) is 14.0. The maximum Gasteiger partial charge on any atom is 0.307 e. The Morgan fingerprint density at radius 1 is 1.32 bits per heavy atom. The number of rotatable bonds is 4. The lowest BCUT2D eigenvalue weighted by atomic mass is 10.0. The quantitative estimate of drug-likeness (QED) is 0.718. The average molecular weight is 292 g/mol. The fourth-order valence-corrected chi connectivity index (χ4v) is 3.58. The molecule has 7 heteroatoms. The third-order valence-corrected chi connectivity index (χ3v) is 5.29. The van der Waals surface area contributed by atoms with Gasteiger partial charge in [-0.2, -0.15) is 8.42 Å². The second-order valence-corrected chi connectivity index (χ2v) is 7.14. The highest BCUT2D eigenvalue weighted by Gasteiger charge is 2.38. The molecule has 5 nitrogen and oxygen atoms in total. The molecule has 2 saturated heterocycles. The second kappa shape index (κ2) is 5.75. The van der Waals surface area contributed by atoms with E-state index in [1.165, 1.54) is 17.7 Å². The first-order chi connectivity index (χ1) is 8.88. The van der Waals surface area contributed by atoms with Crippen LogP contribution in [0.2, 0.25) is 0 Å². The van der Waals surface area contributed by atoms with Crippen LogP contribution in [0.15, 0.2) is 0 Å². The van der Waals surface area contributed by atoms with E-state index >= 15 is 0 Å². The lowest BCUT2D eigenvalue weighted by Crippen LogP contribution is -2.43. The zero-order valence-corrected chi connectivity index (χ0v) is 12.0. The summed E-state index contributed by atoms with van der Waals surface area (Å²) < 4.78 is 34.5. The van der Waals surface area contributed by atoms with Gasteiger partial charge in [-0.3, -0.25) is 9.69 Å². The number of halogens is 1. The van der Waals surface area contributed by atoms with E-state index in [4.69, 9.17) is 0 Å². The Morgan fingerprint density at radius 2 is 2.05 bits per heavy atom. The van der Waals surface area contributed by atoms with Gasteiger partial charge in [0.05, 0.1) is 0 Å². The van der Waals surface area contributed by atoms with Crippen LogP contribution in [0.1, 0.15) is 32.6 Å². The van der Waals surface area contributed by atoms with E-state index in [2.05, 4.69) is 11.8 Å². The Bertz CT molecular complexity index is 440. The largest absolute Gasteiger partial charge is 0.340 e. The number of carbonyl (C=O) groups excluding carboxylic acids is 1. The van der Waals surface area contributed by atoms with Crippen LogP contribution in [0.4, 0.5) is 3.89 Å². The molecule has 2 fully saturated rings. The van der Waals surface area contributed by atoms with E-state index in [-0.39, 0.29) is 18.9 Å². The molecule has 2 aliphatic rings. The molecular weight excluding hydrogens is 271 g/mol. The first-order valence-corrected chi connectivity index (χ1v) is 8.28. The molecule has 0 aromatic rings. The van der Waals surface area contributed by atoms with E-state index in [0.29, 0.717) is 12.6 Å². The molecular formula is C12H21FN2O3S. The molecule has 2 atom stereocenters. The molecule has 0 N–H and O–H groups in total. The molecule has 0 aliphatic carbocycles. The summed E-state index contributed by atoms with van der Waals surface area (Å²) >= 11 is 0. The highest BCUT2D eigenvalue weighted by molar-refractivity contribution is 7.87. The standard InChI is InChI=1S/C12H21FN2O3S/c1-10-4-2-3-5-14(10)6-7-15-9-11(8-12(15)16)19(13,17)18/h10-11H,2-9H2,1H3. The van der Waals surface area contributed by atoms with Crippen molar-refractivity contribution in [3.05, 3.63) is 0 Å². The van der Waals surface area contributed by atoms with Gasteiger partial charge in [0, 0.05) is 32.1 Å². The van der Waals surface area contributed by atoms with Crippen molar-refractivity contribution in [2.24, 2.45) is 0 Å². The van der Waals surface area contributed by atoms with Crippen LogP contribution < -0.4 is 0 Å². The number of carbonyl (C=O) groups is 1. The summed E-state index contributed by atoms with van der Waals surface area (Å²) in [5, 5.41) is -1.17. The topological polar surface area (TPSA) is 57.7 Å². The van der Waals surface area contributed by atoms with Gasteiger partial charge in [0.25, 0.3) is 0 Å². The van der Waals surface area contributed by atoms with Crippen molar-refractivity contribution in [3.63, 3.8) is 0 Å². The number of piperidine rings is 1. The maximum atomic E-state index is 12.9. The van der Waals surface area contributed by atoms with E-state index in [1.54, 1.807) is 0 Å².